The number of anilines is 1. The lowest BCUT2D eigenvalue weighted by molar-refractivity contribution is -0.160. The molecular formula is C25H23N3O5. The third-order valence-electron chi connectivity index (χ3n) is 6.08. The molecule has 3 aromatic rings. The van der Waals surface area contributed by atoms with Gasteiger partial charge < -0.3 is 14.1 Å². The van der Waals surface area contributed by atoms with Gasteiger partial charge in [0.1, 0.15) is 0 Å². The molecule has 5 rings (SSSR count). The molecule has 1 aromatic heterocycles. The molecule has 1 atom stereocenters. The number of benzene rings is 2. The number of hydrogen-bond donors (Lipinski definition) is 0. The monoisotopic (exact) mass is 445 g/mol. The van der Waals surface area contributed by atoms with Gasteiger partial charge in [-0.1, -0.05) is 42.5 Å². The molecule has 2 aliphatic heterocycles. The second-order valence-electron chi connectivity index (χ2n) is 8.39. The number of nitrogens with zero attached hydrogens (tertiary/aromatic N) is 3. The second kappa shape index (κ2) is 7.88. The maximum atomic E-state index is 13.6. The third-order valence-corrected chi connectivity index (χ3v) is 6.08. The van der Waals surface area contributed by atoms with E-state index in [0.717, 1.165) is 5.56 Å². The molecule has 2 amide bonds. The number of carbonyl (C=O) groups excluding carboxylic acids is 3. The van der Waals surface area contributed by atoms with Gasteiger partial charge in [-0.2, -0.15) is 0 Å². The zero-order valence-electron chi connectivity index (χ0n) is 18.4. The highest BCUT2D eigenvalue weighted by atomic mass is 16.5. The van der Waals surface area contributed by atoms with Crippen molar-refractivity contribution in [2.75, 3.05) is 4.90 Å². The summed E-state index contributed by atoms with van der Waals surface area (Å²) in [5, 5.41) is 0. The standard InChI is InChI=1S/C25H23N3O5/c1-16(2)27-23(30)18-10-6-7-11-19(18)28-22(29)12-13-25(27,28)24(31)32-15-21-26-14-20(33-21)17-8-4-3-5-9-17/h3-11,14,16H,12-13,15H2,1-2H3. The Kier molecular flexibility index (Phi) is 5.00. The van der Waals surface area contributed by atoms with Crippen molar-refractivity contribution in [3.8, 4) is 11.3 Å². The molecule has 0 saturated carbocycles. The minimum Gasteiger partial charge on any atom is -0.453 e. The van der Waals surface area contributed by atoms with Crippen LogP contribution in [0.2, 0.25) is 0 Å². The number of rotatable bonds is 5. The van der Waals surface area contributed by atoms with Crippen molar-refractivity contribution >= 4 is 23.5 Å². The van der Waals surface area contributed by atoms with Crippen LogP contribution in [-0.2, 0) is 20.9 Å². The van der Waals surface area contributed by atoms with Crippen LogP contribution >= 0.6 is 0 Å². The zero-order chi connectivity index (χ0) is 23.2. The summed E-state index contributed by atoms with van der Waals surface area (Å²) in [7, 11) is 0. The van der Waals surface area contributed by atoms with E-state index in [1.54, 1.807) is 30.5 Å². The summed E-state index contributed by atoms with van der Waals surface area (Å²) in [6, 6.07) is 16.0. The van der Waals surface area contributed by atoms with E-state index in [9.17, 15) is 14.4 Å². The van der Waals surface area contributed by atoms with E-state index >= 15 is 0 Å². The first-order chi connectivity index (χ1) is 15.9. The lowest BCUT2D eigenvalue weighted by atomic mass is 9.95. The summed E-state index contributed by atoms with van der Waals surface area (Å²) in [6.45, 7) is 3.43. The topological polar surface area (TPSA) is 93.0 Å². The smallest absolute Gasteiger partial charge is 0.354 e. The molecule has 3 heterocycles. The zero-order valence-corrected chi connectivity index (χ0v) is 18.4. The van der Waals surface area contributed by atoms with Gasteiger partial charge in [-0.15, -0.1) is 0 Å². The summed E-state index contributed by atoms with van der Waals surface area (Å²) < 4.78 is 11.4. The van der Waals surface area contributed by atoms with E-state index in [-0.39, 0.29) is 43.2 Å². The molecule has 33 heavy (non-hydrogen) atoms. The predicted octanol–water partition coefficient (Wildman–Crippen LogP) is 3.77. The number of oxazole rings is 1. The largest absolute Gasteiger partial charge is 0.453 e. The minimum atomic E-state index is -1.54. The first-order valence-electron chi connectivity index (χ1n) is 10.9. The highest BCUT2D eigenvalue weighted by Gasteiger charge is 2.62. The van der Waals surface area contributed by atoms with Gasteiger partial charge in [-0.3, -0.25) is 14.5 Å². The number of aromatic nitrogens is 1. The van der Waals surface area contributed by atoms with Crippen LogP contribution in [0.5, 0.6) is 0 Å². The number of fused-ring (bicyclic) bond motifs is 3. The van der Waals surface area contributed by atoms with Crippen LogP contribution in [0, 0.1) is 0 Å². The molecule has 0 N–H and O–H groups in total. The minimum absolute atomic E-state index is 0.136. The number of carbonyl (C=O) groups is 3. The van der Waals surface area contributed by atoms with Gasteiger partial charge in [-0.25, -0.2) is 9.78 Å². The Labute approximate surface area is 190 Å². The Bertz CT molecular complexity index is 1240. The normalized spacial score (nSPS) is 19.6. The Morgan fingerprint density at radius 2 is 1.85 bits per heavy atom. The Morgan fingerprint density at radius 3 is 2.61 bits per heavy atom. The van der Waals surface area contributed by atoms with Gasteiger partial charge in [0.25, 0.3) is 5.91 Å². The van der Waals surface area contributed by atoms with Gasteiger partial charge >= 0.3 is 5.97 Å². The Morgan fingerprint density at radius 1 is 1.12 bits per heavy atom. The first kappa shape index (κ1) is 20.9. The van der Waals surface area contributed by atoms with Crippen LogP contribution in [-0.4, -0.2) is 39.4 Å². The van der Waals surface area contributed by atoms with Crippen molar-refractivity contribution in [1.29, 1.82) is 0 Å². The molecule has 0 aliphatic carbocycles. The van der Waals surface area contributed by atoms with Gasteiger partial charge in [0.15, 0.2) is 12.4 Å². The summed E-state index contributed by atoms with van der Waals surface area (Å²) >= 11 is 0. The molecule has 0 radical (unpaired) electrons. The van der Waals surface area contributed by atoms with Gasteiger partial charge in [0.05, 0.1) is 17.4 Å². The van der Waals surface area contributed by atoms with Crippen LogP contribution < -0.4 is 4.90 Å². The Hall–Kier alpha value is -3.94. The number of ether oxygens (including phenoxy) is 1. The SMILES string of the molecule is CC(C)N1C(=O)c2ccccc2N2C(=O)CCC21C(=O)OCc1ncc(-c2ccccc2)o1. The summed E-state index contributed by atoms with van der Waals surface area (Å²) in [4.78, 5) is 47.0. The Balaban J connectivity index is 1.46. The lowest BCUT2D eigenvalue weighted by Crippen LogP contribution is -2.70. The molecular weight excluding hydrogens is 422 g/mol. The average Bonchev–Trinajstić information content (AvgIpc) is 3.43. The fraction of sp³-hybridized carbons (Fsp3) is 0.280. The number of hydrogen-bond acceptors (Lipinski definition) is 6. The maximum Gasteiger partial charge on any atom is 0.354 e. The van der Waals surface area contributed by atoms with Crippen LogP contribution in [0.25, 0.3) is 11.3 Å². The molecule has 2 aromatic carbocycles. The van der Waals surface area contributed by atoms with Gasteiger partial charge in [0.2, 0.25) is 17.5 Å². The fourth-order valence-electron chi connectivity index (χ4n) is 4.73. The lowest BCUT2D eigenvalue weighted by Gasteiger charge is -2.50. The molecule has 0 spiro atoms. The molecule has 8 nitrogen and oxygen atoms in total. The van der Waals surface area contributed by atoms with Crippen molar-refractivity contribution in [1.82, 2.24) is 9.88 Å². The van der Waals surface area contributed by atoms with Crippen LogP contribution in [0.4, 0.5) is 5.69 Å². The fourth-order valence-corrected chi connectivity index (χ4v) is 4.73. The van der Waals surface area contributed by atoms with Crippen LogP contribution in [0.1, 0.15) is 42.9 Å². The highest BCUT2D eigenvalue weighted by molar-refractivity contribution is 6.15. The molecule has 1 fully saturated rings. The van der Waals surface area contributed by atoms with E-state index in [0.29, 0.717) is 17.0 Å². The van der Waals surface area contributed by atoms with Crippen molar-refractivity contribution in [2.45, 2.75) is 45.0 Å². The molecule has 1 unspecified atom stereocenters. The van der Waals surface area contributed by atoms with Crippen molar-refractivity contribution < 1.29 is 23.5 Å². The number of para-hydroxylation sites is 1. The molecule has 8 heteroatoms. The number of amides is 2. The quantitative estimate of drug-likeness (QED) is 0.555. The van der Waals surface area contributed by atoms with E-state index in [1.165, 1.54) is 9.80 Å². The van der Waals surface area contributed by atoms with Crippen LogP contribution in [0.3, 0.4) is 0 Å². The van der Waals surface area contributed by atoms with Crippen molar-refractivity contribution in [2.24, 2.45) is 0 Å². The summed E-state index contributed by atoms with van der Waals surface area (Å²) in [5.41, 5.74) is 0.145. The highest BCUT2D eigenvalue weighted by Crippen LogP contribution is 2.46. The first-order valence-corrected chi connectivity index (χ1v) is 10.9. The third kappa shape index (κ3) is 3.21. The van der Waals surface area contributed by atoms with E-state index < -0.39 is 11.6 Å². The number of esters is 1. The maximum absolute atomic E-state index is 13.6. The van der Waals surface area contributed by atoms with E-state index in [2.05, 4.69) is 4.98 Å². The predicted molar refractivity (Wildman–Crippen MR) is 119 cm³/mol. The van der Waals surface area contributed by atoms with E-state index in [4.69, 9.17) is 9.15 Å². The molecule has 0 bridgehead atoms. The van der Waals surface area contributed by atoms with Gasteiger partial charge in [-0.05, 0) is 26.0 Å². The van der Waals surface area contributed by atoms with Gasteiger partial charge in [0, 0.05) is 24.4 Å². The molecule has 1 saturated heterocycles. The van der Waals surface area contributed by atoms with Crippen LogP contribution in [0.15, 0.2) is 65.2 Å². The average molecular weight is 445 g/mol. The molecule has 2 aliphatic rings. The van der Waals surface area contributed by atoms with E-state index in [1.807, 2.05) is 44.2 Å². The second-order valence-corrected chi connectivity index (χ2v) is 8.39. The molecule has 168 valence electrons. The summed E-state index contributed by atoms with van der Waals surface area (Å²) in [6.07, 6.45) is 1.86. The van der Waals surface area contributed by atoms with Crippen molar-refractivity contribution in [3.63, 3.8) is 0 Å². The summed E-state index contributed by atoms with van der Waals surface area (Å²) in [5.74, 6) is -0.411. The van der Waals surface area contributed by atoms with Crippen molar-refractivity contribution in [3.05, 3.63) is 72.2 Å².